The Hall–Kier alpha value is -3.50. The van der Waals surface area contributed by atoms with Crippen molar-refractivity contribution in [3.63, 3.8) is 0 Å². The van der Waals surface area contributed by atoms with Gasteiger partial charge >= 0.3 is 0 Å². The second-order valence-corrected chi connectivity index (χ2v) is 12.3. The fourth-order valence-corrected chi connectivity index (χ4v) is 6.21. The normalized spacial score (nSPS) is 12.3. The van der Waals surface area contributed by atoms with Gasteiger partial charge in [-0.15, -0.1) is 11.3 Å². The minimum atomic E-state index is 0.145. The van der Waals surface area contributed by atoms with Crippen molar-refractivity contribution < 1.29 is 4.42 Å². The van der Waals surface area contributed by atoms with Gasteiger partial charge in [0, 0.05) is 34.2 Å². The van der Waals surface area contributed by atoms with Crippen LogP contribution in [0.25, 0.3) is 54.5 Å². The third-order valence-electron chi connectivity index (χ3n) is 6.85. The number of hydrogen-bond donors (Lipinski definition) is 0. The van der Waals surface area contributed by atoms with Gasteiger partial charge in [0.05, 0.1) is 20.9 Å². The highest BCUT2D eigenvalue weighted by Gasteiger charge is 2.20. The molecule has 0 N–H and O–H groups in total. The highest BCUT2D eigenvalue weighted by atomic mass is 32.1. The maximum atomic E-state index is 6.47. The van der Waals surface area contributed by atoms with Crippen LogP contribution in [0.15, 0.2) is 65.2 Å². The summed E-state index contributed by atoms with van der Waals surface area (Å²) in [5.41, 5.74) is 11.3. The molecule has 0 spiro atoms. The first-order valence-corrected chi connectivity index (χ1v) is 13.3. The van der Waals surface area contributed by atoms with Crippen LogP contribution in [0.2, 0.25) is 0 Å². The molecule has 0 aliphatic carbocycles. The molecule has 36 heavy (non-hydrogen) atoms. The molecular formula is C32H30N2OS. The molecule has 0 saturated carbocycles. The predicted octanol–water partition coefficient (Wildman–Crippen LogP) is 9.44. The lowest BCUT2D eigenvalue weighted by Crippen LogP contribution is -2.11. The predicted molar refractivity (Wildman–Crippen MR) is 153 cm³/mol. The zero-order chi connectivity index (χ0) is 25.2. The number of aromatic nitrogens is 2. The Morgan fingerprint density at radius 2 is 1.61 bits per heavy atom. The van der Waals surface area contributed by atoms with Crippen molar-refractivity contribution in [3.05, 3.63) is 82.5 Å². The standard InChI is InChI=1S/C32H30N2OS/c1-18-9-7-10-19(2)30(18)25-17-33-26(13-21(25)16-32(4,5)6)23-12-8-11-22-24-14-29-27(34-20(3)36-29)15-28(24)35-31(22)23/h7-15,17H,16H2,1-6H3. The lowest BCUT2D eigenvalue weighted by atomic mass is 9.83. The summed E-state index contributed by atoms with van der Waals surface area (Å²) in [6.07, 6.45) is 3.03. The molecule has 0 aliphatic rings. The average molecular weight is 491 g/mol. The van der Waals surface area contributed by atoms with E-state index < -0.39 is 0 Å². The zero-order valence-electron chi connectivity index (χ0n) is 21.7. The first-order valence-electron chi connectivity index (χ1n) is 12.5. The number of rotatable bonds is 3. The molecule has 6 rings (SSSR count). The number of pyridine rings is 1. The summed E-state index contributed by atoms with van der Waals surface area (Å²) in [5, 5.41) is 3.32. The SMILES string of the molecule is Cc1nc2cc3oc4c(-c5cc(CC(C)(C)C)c(-c6c(C)cccc6C)cn5)cccc4c3cc2s1. The van der Waals surface area contributed by atoms with Crippen LogP contribution in [0.4, 0.5) is 0 Å². The Morgan fingerprint density at radius 1 is 0.861 bits per heavy atom. The number of hydrogen-bond acceptors (Lipinski definition) is 4. The fraction of sp³-hybridized carbons (Fsp3) is 0.250. The Balaban J connectivity index is 1.57. The van der Waals surface area contributed by atoms with E-state index in [2.05, 4.69) is 100 Å². The molecule has 0 fully saturated rings. The van der Waals surface area contributed by atoms with E-state index in [1.54, 1.807) is 11.3 Å². The van der Waals surface area contributed by atoms with Crippen molar-refractivity contribution in [1.82, 2.24) is 9.97 Å². The summed E-state index contributed by atoms with van der Waals surface area (Å²) in [6.45, 7) is 13.3. The molecule has 180 valence electrons. The van der Waals surface area contributed by atoms with Crippen LogP contribution in [0.5, 0.6) is 0 Å². The summed E-state index contributed by atoms with van der Waals surface area (Å²) >= 11 is 1.72. The van der Waals surface area contributed by atoms with E-state index in [-0.39, 0.29) is 5.41 Å². The van der Waals surface area contributed by atoms with Gasteiger partial charge in [0.1, 0.15) is 11.2 Å². The first kappa shape index (κ1) is 22.9. The Kier molecular flexibility index (Phi) is 5.27. The van der Waals surface area contributed by atoms with Crippen LogP contribution in [-0.2, 0) is 6.42 Å². The van der Waals surface area contributed by atoms with E-state index in [0.29, 0.717) is 0 Å². The number of para-hydroxylation sites is 1. The van der Waals surface area contributed by atoms with Gasteiger partial charge in [-0.1, -0.05) is 51.1 Å². The lowest BCUT2D eigenvalue weighted by Gasteiger charge is -2.22. The third-order valence-corrected chi connectivity index (χ3v) is 7.78. The van der Waals surface area contributed by atoms with Crippen LogP contribution >= 0.6 is 11.3 Å². The van der Waals surface area contributed by atoms with Gasteiger partial charge in [-0.3, -0.25) is 4.98 Å². The van der Waals surface area contributed by atoms with Crippen molar-refractivity contribution in [1.29, 1.82) is 0 Å². The Bertz CT molecular complexity index is 1760. The molecule has 3 aromatic heterocycles. The van der Waals surface area contributed by atoms with E-state index in [4.69, 9.17) is 9.40 Å². The molecule has 0 unspecified atom stereocenters. The molecular weight excluding hydrogens is 460 g/mol. The van der Waals surface area contributed by atoms with Crippen LogP contribution in [-0.4, -0.2) is 9.97 Å². The van der Waals surface area contributed by atoms with Crippen LogP contribution in [0.1, 0.15) is 42.5 Å². The summed E-state index contributed by atoms with van der Waals surface area (Å²) < 4.78 is 7.67. The van der Waals surface area contributed by atoms with Crippen LogP contribution in [0.3, 0.4) is 0 Å². The van der Waals surface area contributed by atoms with Gasteiger partial charge in [0.2, 0.25) is 0 Å². The quantitative estimate of drug-likeness (QED) is 0.248. The van der Waals surface area contributed by atoms with E-state index >= 15 is 0 Å². The lowest BCUT2D eigenvalue weighted by molar-refractivity contribution is 0.411. The van der Waals surface area contributed by atoms with Crippen molar-refractivity contribution in [2.45, 2.75) is 48.0 Å². The summed E-state index contributed by atoms with van der Waals surface area (Å²) in [6, 6.07) is 19.4. The second-order valence-electron chi connectivity index (χ2n) is 11.1. The Morgan fingerprint density at radius 3 is 2.36 bits per heavy atom. The van der Waals surface area contributed by atoms with E-state index in [1.807, 2.05) is 6.92 Å². The number of benzene rings is 3. The molecule has 0 amide bonds. The van der Waals surface area contributed by atoms with Gasteiger partial charge in [-0.25, -0.2) is 4.98 Å². The monoisotopic (exact) mass is 490 g/mol. The first-order chi connectivity index (χ1) is 17.2. The maximum absolute atomic E-state index is 6.47. The van der Waals surface area contributed by atoms with Gasteiger partial charge < -0.3 is 4.42 Å². The van der Waals surface area contributed by atoms with E-state index in [9.17, 15) is 0 Å². The molecule has 0 radical (unpaired) electrons. The number of furan rings is 1. The molecule has 0 atom stereocenters. The highest BCUT2D eigenvalue weighted by Crippen LogP contribution is 2.40. The zero-order valence-corrected chi connectivity index (χ0v) is 22.5. The third kappa shape index (κ3) is 3.90. The summed E-state index contributed by atoms with van der Waals surface area (Å²) in [7, 11) is 0. The number of fused-ring (bicyclic) bond motifs is 4. The molecule has 4 heteroatoms. The fourth-order valence-electron chi connectivity index (χ4n) is 5.36. The van der Waals surface area contributed by atoms with Crippen LogP contribution < -0.4 is 0 Å². The van der Waals surface area contributed by atoms with Gasteiger partial charge in [-0.05, 0) is 73.1 Å². The molecule has 0 aliphatic heterocycles. The van der Waals surface area contributed by atoms with Crippen molar-refractivity contribution >= 4 is 43.5 Å². The average Bonchev–Trinajstić information content (AvgIpc) is 3.35. The number of aryl methyl sites for hydroxylation is 3. The minimum absolute atomic E-state index is 0.145. The smallest absolute Gasteiger partial charge is 0.144 e. The second kappa shape index (κ2) is 8.28. The molecule has 3 nitrogen and oxygen atoms in total. The summed E-state index contributed by atoms with van der Waals surface area (Å²) in [5.74, 6) is 0. The largest absolute Gasteiger partial charge is 0.455 e. The van der Waals surface area contributed by atoms with Gasteiger partial charge in [0.25, 0.3) is 0 Å². The van der Waals surface area contributed by atoms with Crippen molar-refractivity contribution in [2.24, 2.45) is 5.41 Å². The molecule has 0 bridgehead atoms. The van der Waals surface area contributed by atoms with Gasteiger partial charge in [0.15, 0.2) is 0 Å². The molecule has 6 aromatic rings. The van der Waals surface area contributed by atoms with Crippen molar-refractivity contribution in [3.8, 4) is 22.4 Å². The Labute approximate surface area is 215 Å². The topological polar surface area (TPSA) is 38.9 Å². The minimum Gasteiger partial charge on any atom is -0.455 e. The molecule has 3 heterocycles. The number of thiazole rings is 1. The molecule has 3 aromatic carbocycles. The summed E-state index contributed by atoms with van der Waals surface area (Å²) in [4.78, 5) is 9.66. The number of nitrogens with zero attached hydrogens (tertiary/aromatic N) is 2. The van der Waals surface area contributed by atoms with Gasteiger partial charge in [-0.2, -0.15) is 0 Å². The maximum Gasteiger partial charge on any atom is 0.144 e. The van der Waals surface area contributed by atoms with Crippen molar-refractivity contribution in [2.75, 3.05) is 0 Å². The molecule has 0 saturated heterocycles. The van der Waals surface area contributed by atoms with E-state index in [1.165, 1.54) is 32.5 Å². The van der Waals surface area contributed by atoms with Crippen LogP contribution in [0, 0.1) is 26.2 Å². The van der Waals surface area contributed by atoms with E-state index in [0.717, 1.165) is 50.1 Å². The highest BCUT2D eigenvalue weighted by molar-refractivity contribution is 7.18.